The summed E-state index contributed by atoms with van der Waals surface area (Å²) in [5, 5.41) is 9.01. The number of carboxylic acids is 1. The normalized spacial score (nSPS) is 11.6. The molecule has 0 bridgehead atoms. The van der Waals surface area contributed by atoms with Crippen LogP contribution in [0.5, 0.6) is 0 Å². The van der Waals surface area contributed by atoms with Gasteiger partial charge in [0, 0.05) is 12.0 Å². The third-order valence-electron chi connectivity index (χ3n) is 3.46. The zero-order valence-corrected chi connectivity index (χ0v) is 12.1. The Bertz CT molecular complexity index is 455. The molecule has 0 saturated heterocycles. The number of Topliss-reactive ketones (excluding diaryl/α,β-unsaturated/α-hetero) is 1. The summed E-state index contributed by atoms with van der Waals surface area (Å²) in [5.41, 5.74) is 1.00. The van der Waals surface area contributed by atoms with Crippen molar-refractivity contribution < 1.29 is 14.7 Å². The summed E-state index contributed by atoms with van der Waals surface area (Å²) in [6, 6.07) is 7.57. The summed E-state index contributed by atoms with van der Waals surface area (Å²) in [7, 11) is 0. The molecule has 0 heterocycles. The highest BCUT2D eigenvalue weighted by Gasteiger charge is 2.27. The van der Waals surface area contributed by atoms with Crippen LogP contribution in [0, 0.1) is 5.41 Å². The van der Waals surface area contributed by atoms with E-state index in [0.717, 1.165) is 0 Å². The minimum absolute atomic E-state index is 0.00429. The fourth-order valence-electron chi connectivity index (χ4n) is 1.73. The van der Waals surface area contributed by atoms with Gasteiger partial charge in [-0.2, -0.15) is 0 Å². The maximum Gasteiger partial charge on any atom is 0.309 e. The molecule has 1 aromatic rings. The molecule has 0 saturated carbocycles. The first-order chi connectivity index (χ1) is 8.74. The maximum absolute atomic E-state index is 12.0. The largest absolute Gasteiger partial charge is 0.481 e. The maximum atomic E-state index is 12.0. The first-order valence-electron chi connectivity index (χ1n) is 6.60. The Labute approximate surface area is 114 Å². The highest BCUT2D eigenvalue weighted by atomic mass is 16.4. The van der Waals surface area contributed by atoms with Crippen molar-refractivity contribution in [1.29, 1.82) is 0 Å². The molecule has 1 N–H and O–H groups in total. The van der Waals surface area contributed by atoms with Crippen molar-refractivity contribution in [2.24, 2.45) is 5.41 Å². The van der Waals surface area contributed by atoms with Crippen molar-refractivity contribution in [1.82, 2.24) is 0 Å². The zero-order valence-electron chi connectivity index (χ0n) is 12.1. The predicted octanol–water partition coefficient (Wildman–Crippen LogP) is 3.88. The van der Waals surface area contributed by atoms with Gasteiger partial charge in [0.2, 0.25) is 0 Å². The van der Waals surface area contributed by atoms with Crippen LogP contribution in [0.4, 0.5) is 0 Å². The molecule has 1 aromatic carbocycles. The molecule has 0 fully saturated rings. The molecule has 0 unspecified atom stereocenters. The number of ketones is 1. The predicted molar refractivity (Wildman–Crippen MR) is 75.5 cm³/mol. The second-order valence-electron chi connectivity index (χ2n) is 5.89. The minimum Gasteiger partial charge on any atom is -0.481 e. The average molecular weight is 262 g/mol. The lowest BCUT2D eigenvalue weighted by molar-refractivity contribution is -0.147. The van der Waals surface area contributed by atoms with E-state index in [1.165, 1.54) is 5.56 Å². The molecule has 0 aromatic heterocycles. The Morgan fingerprint density at radius 2 is 1.68 bits per heavy atom. The van der Waals surface area contributed by atoms with Crippen molar-refractivity contribution in [3.8, 4) is 0 Å². The van der Waals surface area contributed by atoms with Crippen LogP contribution in [0.3, 0.4) is 0 Å². The van der Waals surface area contributed by atoms with E-state index < -0.39 is 11.4 Å². The lowest BCUT2D eigenvalue weighted by Gasteiger charge is -2.18. The second kappa shape index (κ2) is 6.00. The van der Waals surface area contributed by atoms with E-state index in [2.05, 4.69) is 13.8 Å². The highest BCUT2D eigenvalue weighted by Crippen LogP contribution is 2.24. The quantitative estimate of drug-likeness (QED) is 0.791. The third-order valence-corrected chi connectivity index (χ3v) is 3.46. The van der Waals surface area contributed by atoms with Gasteiger partial charge in [0.1, 0.15) is 0 Å². The Kier molecular flexibility index (Phi) is 4.87. The number of rotatable bonds is 6. The average Bonchev–Trinajstić information content (AvgIpc) is 2.36. The van der Waals surface area contributed by atoms with Crippen molar-refractivity contribution in [2.75, 3.05) is 0 Å². The number of hydrogen-bond acceptors (Lipinski definition) is 2. The number of hydrogen-bond donors (Lipinski definition) is 1. The molecule has 0 aliphatic rings. The fraction of sp³-hybridized carbons (Fsp3) is 0.500. The number of carboxylic acid groups (broad SMARTS) is 1. The van der Waals surface area contributed by atoms with Crippen molar-refractivity contribution in [3.05, 3.63) is 35.4 Å². The van der Waals surface area contributed by atoms with Crippen LogP contribution in [0.1, 0.15) is 62.4 Å². The molecule has 104 valence electrons. The Morgan fingerprint density at radius 1 is 1.16 bits per heavy atom. The van der Waals surface area contributed by atoms with Gasteiger partial charge >= 0.3 is 5.97 Å². The van der Waals surface area contributed by atoms with Gasteiger partial charge in [0.15, 0.2) is 5.78 Å². The Morgan fingerprint density at radius 3 is 2.11 bits per heavy atom. The van der Waals surface area contributed by atoms with Crippen LogP contribution < -0.4 is 0 Å². The molecular formula is C16H22O3. The van der Waals surface area contributed by atoms with E-state index in [9.17, 15) is 9.59 Å². The minimum atomic E-state index is -0.865. The molecule has 3 heteroatoms. The summed E-state index contributed by atoms with van der Waals surface area (Å²) in [5.74, 6) is -0.421. The Balaban J connectivity index is 2.66. The summed E-state index contributed by atoms with van der Waals surface area (Å²) in [6.45, 7) is 7.49. The van der Waals surface area contributed by atoms with Gasteiger partial charge in [0.05, 0.1) is 5.41 Å². The Hall–Kier alpha value is -1.64. The van der Waals surface area contributed by atoms with Crippen LogP contribution in [-0.2, 0) is 4.79 Å². The van der Waals surface area contributed by atoms with Gasteiger partial charge in [-0.15, -0.1) is 0 Å². The molecule has 3 nitrogen and oxygen atoms in total. The lowest BCUT2D eigenvalue weighted by atomic mass is 9.86. The number of carbonyl (C=O) groups is 2. The van der Waals surface area contributed by atoms with E-state index in [1.807, 2.05) is 24.3 Å². The highest BCUT2D eigenvalue weighted by molar-refractivity contribution is 5.96. The van der Waals surface area contributed by atoms with Gasteiger partial charge in [-0.1, -0.05) is 38.1 Å². The van der Waals surface area contributed by atoms with E-state index in [0.29, 0.717) is 17.9 Å². The summed E-state index contributed by atoms with van der Waals surface area (Å²) < 4.78 is 0. The van der Waals surface area contributed by atoms with E-state index >= 15 is 0 Å². The molecule has 0 spiro atoms. The van der Waals surface area contributed by atoms with Crippen molar-refractivity contribution in [2.45, 2.75) is 46.5 Å². The zero-order chi connectivity index (χ0) is 14.6. The molecule has 0 amide bonds. The first-order valence-corrected chi connectivity index (χ1v) is 6.60. The van der Waals surface area contributed by atoms with E-state index in [4.69, 9.17) is 5.11 Å². The van der Waals surface area contributed by atoms with E-state index in [-0.39, 0.29) is 12.2 Å². The number of benzene rings is 1. The summed E-state index contributed by atoms with van der Waals surface area (Å²) in [4.78, 5) is 23.0. The van der Waals surface area contributed by atoms with Gasteiger partial charge in [-0.3, -0.25) is 9.59 Å². The van der Waals surface area contributed by atoms with Crippen LogP contribution >= 0.6 is 0 Å². The van der Waals surface area contributed by atoms with Gasteiger partial charge in [-0.05, 0) is 31.7 Å². The standard InChI is InChI=1S/C16H22O3/c1-11(2)12-5-7-13(8-6-12)14(17)9-10-16(3,4)15(18)19/h5-8,11H,9-10H2,1-4H3,(H,18,19). The lowest BCUT2D eigenvalue weighted by Crippen LogP contribution is -2.24. The molecule has 1 rings (SSSR count). The van der Waals surface area contributed by atoms with Crippen molar-refractivity contribution >= 4 is 11.8 Å². The smallest absolute Gasteiger partial charge is 0.309 e. The molecular weight excluding hydrogens is 240 g/mol. The van der Waals surface area contributed by atoms with Crippen LogP contribution in [0.2, 0.25) is 0 Å². The second-order valence-corrected chi connectivity index (χ2v) is 5.89. The van der Waals surface area contributed by atoms with Crippen molar-refractivity contribution in [3.63, 3.8) is 0 Å². The molecule has 0 aliphatic heterocycles. The fourth-order valence-corrected chi connectivity index (χ4v) is 1.73. The van der Waals surface area contributed by atoms with Gasteiger partial charge in [-0.25, -0.2) is 0 Å². The molecule has 19 heavy (non-hydrogen) atoms. The topological polar surface area (TPSA) is 54.4 Å². The SMILES string of the molecule is CC(C)c1ccc(C(=O)CCC(C)(C)C(=O)O)cc1. The summed E-state index contributed by atoms with van der Waals surface area (Å²) >= 11 is 0. The van der Waals surface area contributed by atoms with Crippen LogP contribution in [0.25, 0.3) is 0 Å². The van der Waals surface area contributed by atoms with Crippen LogP contribution in [-0.4, -0.2) is 16.9 Å². The van der Waals surface area contributed by atoms with Gasteiger partial charge in [0.25, 0.3) is 0 Å². The molecule has 0 atom stereocenters. The third kappa shape index (κ3) is 4.19. The monoisotopic (exact) mass is 262 g/mol. The number of carbonyl (C=O) groups excluding carboxylic acids is 1. The van der Waals surface area contributed by atoms with E-state index in [1.54, 1.807) is 13.8 Å². The van der Waals surface area contributed by atoms with Crippen LogP contribution in [0.15, 0.2) is 24.3 Å². The van der Waals surface area contributed by atoms with Gasteiger partial charge < -0.3 is 5.11 Å². The molecule has 0 aliphatic carbocycles. The summed E-state index contributed by atoms with van der Waals surface area (Å²) in [6.07, 6.45) is 0.618. The first kappa shape index (κ1) is 15.4. The number of aliphatic carboxylic acids is 1. The molecule has 0 radical (unpaired) electrons.